The first-order valence-corrected chi connectivity index (χ1v) is 14.3. The summed E-state index contributed by atoms with van der Waals surface area (Å²) < 4.78 is 13.0. The first-order chi connectivity index (χ1) is 19.3. The third-order valence-corrected chi connectivity index (χ3v) is 7.95. The number of amides is 2. The molecule has 202 valence electrons. The van der Waals surface area contributed by atoms with Gasteiger partial charge in [-0.25, -0.2) is 0 Å². The molecule has 5 rings (SSSR count). The smallest absolute Gasteiger partial charge is 0.293 e. The number of halogens is 1. The fourth-order valence-corrected chi connectivity index (χ4v) is 5.96. The Balaban J connectivity index is 1.36. The molecule has 4 aromatic rings. The number of nitrogens with zero attached hydrogens (tertiary/aromatic N) is 2. The number of rotatable bonds is 9. The quantitative estimate of drug-likeness (QED) is 0.0787. The third-order valence-electron chi connectivity index (χ3n) is 6.24. The van der Waals surface area contributed by atoms with Crippen molar-refractivity contribution in [2.45, 2.75) is 20.1 Å². The average Bonchev–Trinajstić information content (AvgIpc) is 3.20. The number of benzene rings is 4. The van der Waals surface area contributed by atoms with Crippen LogP contribution in [-0.4, -0.2) is 27.6 Å². The molecule has 0 radical (unpaired) electrons. The highest BCUT2D eigenvalue weighted by Gasteiger charge is 2.35. The van der Waals surface area contributed by atoms with E-state index in [9.17, 15) is 19.7 Å². The number of hydrogen-bond acceptors (Lipinski definition) is 7. The Hall–Kier alpha value is -3.90. The number of imide groups is 1. The van der Waals surface area contributed by atoms with E-state index >= 15 is 0 Å². The maximum Gasteiger partial charge on any atom is 0.293 e. The van der Waals surface area contributed by atoms with Gasteiger partial charge in [0.05, 0.1) is 26.6 Å². The predicted molar refractivity (Wildman–Crippen MR) is 163 cm³/mol. The van der Waals surface area contributed by atoms with Crippen LogP contribution in [0.5, 0.6) is 11.5 Å². The molecular formula is C30H23IN2O6S. The van der Waals surface area contributed by atoms with E-state index in [1.165, 1.54) is 12.1 Å². The van der Waals surface area contributed by atoms with E-state index in [-0.39, 0.29) is 17.1 Å². The molecule has 0 N–H and O–H groups in total. The molecule has 1 aliphatic heterocycles. The first kappa shape index (κ1) is 27.7. The van der Waals surface area contributed by atoms with Gasteiger partial charge in [-0.2, -0.15) is 0 Å². The number of non-ortho nitro benzene ring substituents is 1. The topological polar surface area (TPSA) is 99.0 Å². The minimum absolute atomic E-state index is 0.0304. The maximum atomic E-state index is 13.1. The van der Waals surface area contributed by atoms with Crippen molar-refractivity contribution in [3.8, 4) is 11.5 Å². The molecule has 1 saturated heterocycles. The van der Waals surface area contributed by atoms with Gasteiger partial charge in [0.1, 0.15) is 6.61 Å². The summed E-state index contributed by atoms with van der Waals surface area (Å²) in [6.07, 6.45) is 1.67. The lowest BCUT2D eigenvalue weighted by molar-refractivity contribution is -0.384. The zero-order chi connectivity index (χ0) is 28.2. The fraction of sp³-hybridized carbons (Fsp3) is 0.133. The number of ether oxygens (including phenoxy) is 2. The lowest BCUT2D eigenvalue weighted by Gasteiger charge is -2.16. The minimum Gasteiger partial charge on any atom is -0.490 e. The first-order valence-electron chi connectivity index (χ1n) is 12.4. The minimum atomic E-state index is -0.496. The van der Waals surface area contributed by atoms with E-state index in [0.717, 1.165) is 36.6 Å². The number of nitro groups is 1. The van der Waals surface area contributed by atoms with Gasteiger partial charge < -0.3 is 9.47 Å². The van der Waals surface area contributed by atoms with Crippen LogP contribution in [0.25, 0.3) is 16.8 Å². The van der Waals surface area contributed by atoms with Crippen LogP contribution in [0.4, 0.5) is 10.5 Å². The van der Waals surface area contributed by atoms with E-state index in [4.69, 9.17) is 9.47 Å². The number of nitro benzene ring substituents is 1. The van der Waals surface area contributed by atoms with Gasteiger partial charge in [0, 0.05) is 12.1 Å². The highest BCUT2D eigenvalue weighted by atomic mass is 127. The van der Waals surface area contributed by atoms with Gasteiger partial charge in [0.25, 0.3) is 16.8 Å². The largest absolute Gasteiger partial charge is 0.490 e. The molecule has 40 heavy (non-hydrogen) atoms. The Labute approximate surface area is 248 Å². The summed E-state index contributed by atoms with van der Waals surface area (Å²) in [4.78, 5) is 37.5. The van der Waals surface area contributed by atoms with Crippen LogP contribution in [0.15, 0.2) is 83.8 Å². The monoisotopic (exact) mass is 666 g/mol. The third kappa shape index (κ3) is 5.97. The maximum absolute atomic E-state index is 13.1. The number of carbonyl (C=O) groups excluding carboxylic acids is 2. The molecule has 1 heterocycles. The molecule has 0 unspecified atom stereocenters. The highest BCUT2D eigenvalue weighted by molar-refractivity contribution is 14.1. The van der Waals surface area contributed by atoms with Gasteiger partial charge in [-0.05, 0) is 86.9 Å². The van der Waals surface area contributed by atoms with Crippen molar-refractivity contribution in [2.75, 3.05) is 6.61 Å². The lowest BCUT2D eigenvalue weighted by Crippen LogP contribution is -2.27. The molecule has 10 heteroatoms. The average molecular weight is 666 g/mol. The van der Waals surface area contributed by atoms with Crippen molar-refractivity contribution in [3.63, 3.8) is 0 Å². The second-order valence-corrected chi connectivity index (χ2v) is 11.0. The summed E-state index contributed by atoms with van der Waals surface area (Å²) in [5, 5.41) is 12.8. The Kier molecular flexibility index (Phi) is 8.36. The summed E-state index contributed by atoms with van der Waals surface area (Å²) in [5.41, 5.74) is 2.32. The molecular weight excluding hydrogens is 643 g/mol. The van der Waals surface area contributed by atoms with Gasteiger partial charge >= 0.3 is 0 Å². The van der Waals surface area contributed by atoms with Crippen molar-refractivity contribution in [2.24, 2.45) is 0 Å². The van der Waals surface area contributed by atoms with Gasteiger partial charge in [-0.1, -0.05) is 54.6 Å². The molecule has 0 saturated carbocycles. The molecule has 1 aliphatic rings. The van der Waals surface area contributed by atoms with Crippen molar-refractivity contribution in [1.82, 2.24) is 4.90 Å². The summed E-state index contributed by atoms with van der Waals surface area (Å²) in [6, 6.07) is 23.7. The highest BCUT2D eigenvalue weighted by Crippen LogP contribution is 2.38. The van der Waals surface area contributed by atoms with E-state index in [2.05, 4.69) is 40.8 Å². The zero-order valence-electron chi connectivity index (χ0n) is 21.3. The molecule has 1 fully saturated rings. The Morgan fingerprint density at radius 3 is 2.50 bits per heavy atom. The van der Waals surface area contributed by atoms with Gasteiger partial charge in [-0.3, -0.25) is 24.6 Å². The van der Waals surface area contributed by atoms with E-state index in [1.54, 1.807) is 24.3 Å². The van der Waals surface area contributed by atoms with Gasteiger partial charge in [0.15, 0.2) is 11.5 Å². The predicted octanol–water partition coefficient (Wildman–Crippen LogP) is 7.57. The second kappa shape index (κ2) is 12.1. The number of carbonyl (C=O) groups is 2. The summed E-state index contributed by atoms with van der Waals surface area (Å²) in [5.74, 6) is 0.738. The number of thioether (sulfide) groups is 1. The Morgan fingerprint density at radius 1 is 1.00 bits per heavy atom. The second-order valence-electron chi connectivity index (χ2n) is 8.88. The van der Waals surface area contributed by atoms with E-state index in [0.29, 0.717) is 35.8 Å². The molecule has 0 aromatic heterocycles. The van der Waals surface area contributed by atoms with Crippen LogP contribution in [-0.2, 0) is 17.9 Å². The van der Waals surface area contributed by atoms with E-state index < -0.39 is 16.1 Å². The Bertz CT molecular complexity index is 1650. The van der Waals surface area contributed by atoms with Gasteiger partial charge in [0.2, 0.25) is 0 Å². The molecule has 0 atom stereocenters. The van der Waals surface area contributed by atoms with Crippen LogP contribution >= 0.6 is 34.4 Å². The molecule has 4 aromatic carbocycles. The van der Waals surface area contributed by atoms with Crippen molar-refractivity contribution in [3.05, 3.63) is 114 Å². The summed E-state index contributed by atoms with van der Waals surface area (Å²) in [7, 11) is 0. The lowest BCUT2D eigenvalue weighted by atomic mass is 10.1. The Morgan fingerprint density at radius 2 is 1.75 bits per heavy atom. The zero-order valence-corrected chi connectivity index (χ0v) is 24.3. The van der Waals surface area contributed by atoms with Crippen LogP contribution < -0.4 is 9.47 Å². The summed E-state index contributed by atoms with van der Waals surface area (Å²) in [6.45, 7) is 2.70. The van der Waals surface area contributed by atoms with Crippen LogP contribution in [0.1, 0.15) is 23.6 Å². The van der Waals surface area contributed by atoms with Gasteiger partial charge in [-0.15, -0.1) is 0 Å². The molecule has 8 nitrogen and oxygen atoms in total. The standard InChI is InChI=1S/C30H23IN2O6S/c1-2-38-26-15-20(14-25(31)28(26)39-18-22-8-5-7-21-6-3-4-9-24(21)22)16-27-29(34)32(30(35)40-27)17-19-10-12-23(13-11-19)33(36)37/h3-16H,2,17-18H2,1H3/b27-16+. The van der Waals surface area contributed by atoms with Crippen molar-refractivity contribution in [1.29, 1.82) is 0 Å². The van der Waals surface area contributed by atoms with Crippen molar-refractivity contribution >= 4 is 68.0 Å². The van der Waals surface area contributed by atoms with Crippen LogP contribution in [0.3, 0.4) is 0 Å². The molecule has 0 bridgehead atoms. The normalized spacial score (nSPS) is 14.2. The number of fused-ring (bicyclic) bond motifs is 1. The number of hydrogen-bond donors (Lipinski definition) is 0. The van der Waals surface area contributed by atoms with Crippen LogP contribution in [0.2, 0.25) is 0 Å². The van der Waals surface area contributed by atoms with Crippen molar-refractivity contribution < 1.29 is 24.0 Å². The van der Waals surface area contributed by atoms with Crippen LogP contribution in [0, 0.1) is 13.7 Å². The SMILES string of the molecule is CCOc1cc(/C=C2/SC(=O)N(Cc3ccc([N+](=O)[O-])cc3)C2=O)cc(I)c1OCc1cccc2ccccc12. The fourth-order valence-electron chi connectivity index (χ4n) is 4.34. The summed E-state index contributed by atoms with van der Waals surface area (Å²) >= 11 is 3.04. The molecule has 2 amide bonds. The van der Waals surface area contributed by atoms with E-state index in [1.807, 2.05) is 37.3 Å². The molecule has 0 aliphatic carbocycles. The molecule has 0 spiro atoms.